The van der Waals surface area contributed by atoms with E-state index in [-0.39, 0.29) is 12.0 Å². The molecule has 0 aromatic heterocycles. The molecule has 3 nitrogen and oxygen atoms in total. The summed E-state index contributed by atoms with van der Waals surface area (Å²) in [6, 6.07) is 35.6. The first-order valence-electron chi connectivity index (χ1n) is 10.8. The van der Waals surface area contributed by atoms with E-state index >= 15 is 0 Å². The number of fused-ring (bicyclic) bond motifs is 1. The van der Waals surface area contributed by atoms with Gasteiger partial charge >= 0.3 is 0 Å². The van der Waals surface area contributed by atoms with Crippen molar-refractivity contribution in [1.29, 1.82) is 0 Å². The van der Waals surface area contributed by atoms with Gasteiger partial charge in [-0.2, -0.15) is 0 Å². The summed E-state index contributed by atoms with van der Waals surface area (Å²) in [7, 11) is 3.40. The number of benzene rings is 4. The lowest BCUT2D eigenvalue weighted by molar-refractivity contribution is 0.413. The number of hydrogen-bond donors (Lipinski definition) is 0. The highest BCUT2D eigenvalue weighted by atomic mass is 16.5. The summed E-state index contributed by atoms with van der Waals surface area (Å²) < 4.78 is 11.0. The SMILES string of the molecule is COc1ccc(C2=N[C@H](c3ccccc3)[C@H](c3ccccc3)c3cc(OC)ccc32)cc1. The van der Waals surface area contributed by atoms with E-state index in [1.807, 2.05) is 18.2 Å². The third-order valence-corrected chi connectivity index (χ3v) is 6.10. The van der Waals surface area contributed by atoms with Crippen LogP contribution in [0.5, 0.6) is 11.5 Å². The summed E-state index contributed by atoms with van der Waals surface area (Å²) >= 11 is 0. The Morgan fingerprint density at radius 2 is 1.22 bits per heavy atom. The molecule has 0 unspecified atom stereocenters. The molecule has 4 aromatic rings. The van der Waals surface area contributed by atoms with Crippen LogP contribution in [0.3, 0.4) is 0 Å². The molecule has 32 heavy (non-hydrogen) atoms. The molecule has 0 bridgehead atoms. The maximum Gasteiger partial charge on any atom is 0.119 e. The minimum Gasteiger partial charge on any atom is -0.497 e. The van der Waals surface area contributed by atoms with Crippen molar-refractivity contribution in [2.24, 2.45) is 4.99 Å². The Morgan fingerprint density at radius 1 is 0.625 bits per heavy atom. The van der Waals surface area contributed by atoms with Crippen LogP contribution in [0.15, 0.2) is 108 Å². The Balaban J connectivity index is 1.75. The molecule has 158 valence electrons. The molecule has 0 spiro atoms. The average Bonchev–Trinajstić information content (AvgIpc) is 2.88. The van der Waals surface area contributed by atoms with Gasteiger partial charge in [0.1, 0.15) is 11.5 Å². The summed E-state index contributed by atoms with van der Waals surface area (Å²) in [5, 5.41) is 0. The van der Waals surface area contributed by atoms with Crippen LogP contribution >= 0.6 is 0 Å². The third kappa shape index (κ3) is 3.67. The molecule has 1 aliphatic heterocycles. The second-order valence-corrected chi connectivity index (χ2v) is 7.90. The lowest BCUT2D eigenvalue weighted by Gasteiger charge is -2.33. The Hall–Kier alpha value is -3.85. The third-order valence-electron chi connectivity index (χ3n) is 6.10. The average molecular weight is 420 g/mol. The van der Waals surface area contributed by atoms with E-state index in [4.69, 9.17) is 14.5 Å². The Morgan fingerprint density at radius 3 is 1.84 bits per heavy atom. The van der Waals surface area contributed by atoms with E-state index < -0.39 is 0 Å². The Labute approximate surface area is 189 Å². The molecule has 0 aliphatic carbocycles. The van der Waals surface area contributed by atoms with E-state index in [1.165, 1.54) is 16.7 Å². The summed E-state index contributed by atoms with van der Waals surface area (Å²) in [5.74, 6) is 1.78. The minimum atomic E-state index is -0.0460. The van der Waals surface area contributed by atoms with E-state index in [1.54, 1.807) is 14.2 Å². The number of ether oxygens (including phenoxy) is 2. The maximum absolute atomic E-state index is 5.62. The molecular weight excluding hydrogens is 394 g/mol. The van der Waals surface area contributed by atoms with Crippen molar-refractivity contribution in [3.05, 3.63) is 131 Å². The van der Waals surface area contributed by atoms with Crippen LogP contribution in [0, 0.1) is 0 Å². The molecule has 0 saturated carbocycles. The Bertz CT molecular complexity index is 1230. The molecule has 0 saturated heterocycles. The minimum absolute atomic E-state index is 0.0460. The van der Waals surface area contributed by atoms with Gasteiger partial charge in [-0.25, -0.2) is 0 Å². The van der Waals surface area contributed by atoms with Crippen molar-refractivity contribution in [2.45, 2.75) is 12.0 Å². The van der Waals surface area contributed by atoms with Crippen LogP contribution in [0.25, 0.3) is 0 Å². The van der Waals surface area contributed by atoms with Gasteiger partial charge in [0.25, 0.3) is 0 Å². The summed E-state index contributed by atoms with van der Waals surface area (Å²) in [6.45, 7) is 0. The van der Waals surface area contributed by atoms with Crippen molar-refractivity contribution in [1.82, 2.24) is 0 Å². The summed E-state index contributed by atoms with van der Waals surface area (Å²) in [5.41, 5.74) is 6.87. The fourth-order valence-corrected chi connectivity index (χ4v) is 4.51. The largest absolute Gasteiger partial charge is 0.497 e. The van der Waals surface area contributed by atoms with Crippen LogP contribution in [0.4, 0.5) is 0 Å². The zero-order valence-corrected chi connectivity index (χ0v) is 18.2. The zero-order chi connectivity index (χ0) is 21.9. The van der Waals surface area contributed by atoms with Crippen LogP contribution < -0.4 is 9.47 Å². The molecule has 2 atom stereocenters. The van der Waals surface area contributed by atoms with Crippen LogP contribution in [0.2, 0.25) is 0 Å². The maximum atomic E-state index is 5.62. The highest BCUT2D eigenvalue weighted by molar-refractivity contribution is 6.14. The number of nitrogens with zero attached hydrogens (tertiary/aromatic N) is 1. The second kappa shape index (κ2) is 8.72. The normalized spacial score (nSPS) is 17.2. The summed E-state index contributed by atoms with van der Waals surface area (Å²) in [4.78, 5) is 5.37. The van der Waals surface area contributed by atoms with Crippen molar-refractivity contribution >= 4 is 5.71 Å². The smallest absolute Gasteiger partial charge is 0.119 e. The van der Waals surface area contributed by atoms with Crippen LogP contribution in [-0.4, -0.2) is 19.9 Å². The standard InChI is InChI=1S/C29H25NO2/c1-31-23-15-13-22(14-16-23)28-25-18-17-24(32-2)19-26(25)27(20-9-5-3-6-10-20)29(30-28)21-11-7-4-8-12-21/h3-19,27,29H,1-2H3/t27-,29-/m1/s1. The van der Waals surface area contributed by atoms with E-state index in [9.17, 15) is 0 Å². The number of aliphatic imine (C=N–C) groups is 1. The summed E-state index contributed by atoms with van der Waals surface area (Å²) in [6.07, 6.45) is 0. The zero-order valence-electron chi connectivity index (χ0n) is 18.2. The Kier molecular flexibility index (Phi) is 5.47. The lowest BCUT2D eigenvalue weighted by atomic mass is 9.76. The van der Waals surface area contributed by atoms with Gasteiger partial charge in [0.05, 0.1) is 26.0 Å². The quantitative estimate of drug-likeness (QED) is 0.373. The highest BCUT2D eigenvalue weighted by Gasteiger charge is 2.34. The van der Waals surface area contributed by atoms with Crippen LogP contribution in [0.1, 0.15) is 39.8 Å². The van der Waals surface area contributed by atoms with Gasteiger partial charge in [0.2, 0.25) is 0 Å². The van der Waals surface area contributed by atoms with Crippen molar-refractivity contribution in [2.75, 3.05) is 14.2 Å². The van der Waals surface area contributed by atoms with Gasteiger partial charge in [0.15, 0.2) is 0 Å². The van der Waals surface area contributed by atoms with Gasteiger partial charge in [-0.1, -0.05) is 60.7 Å². The van der Waals surface area contributed by atoms with E-state index in [0.717, 1.165) is 28.3 Å². The fraction of sp³-hybridized carbons (Fsp3) is 0.138. The first-order chi connectivity index (χ1) is 15.8. The van der Waals surface area contributed by atoms with Crippen molar-refractivity contribution in [3.8, 4) is 11.5 Å². The molecular formula is C29H25NO2. The predicted molar refractivity (Wildman–Crippen MR) is 129 cm³/mol. The van der Waals surface area contributed by atoms with Gasteiger partial charge in [0, 0.05) is 17.0 Å². The predicted octanol–water partition coefficient (Wildman–Crippen LogP) is 6.43. The van der Waals surface area contributed by atoms with Gasteiger partial charge in [-0.15, -0.1) is 0 Å². The molecule has 3 heteroatoms. The molecule has 0 radical (unpaired) electrons. The second-order valence-electron chi connectivity index (χ2n) is 7.90. The molecule has 1 heterocycles. The van der Waals surface area contributed by atoms with Crippen LogP contribution in [-0.2, 0) is 0 Å². The van der Waals surface area contributed by atoms with Gasteiger partial charge < -0.3 is 9.47 Å². The van der Waals surface area contributed by atoms with Gasteiger partial charge in [-0.05, 0) is 59.2 Å². The molecule has 5 rings (SSSR count). The lowest BCUT2D eigenvalue weighted by Crippen LogP contribution is -2.23. The van der Waals surface area contributed by atoms with Crippen molar-refractivity contribution < 1.29 is 9.47 Å². The number of rotatable bonds is 5. The number of methoxy groups -OCH3 is 2. The first-order valence-corrected chi connectivity index (χ1v) is 10.8. The monoisotopic (exact) mass is 419 g/mol. The molecule has 0 fully saturated rings. The molecule has 1 aliphatic rings. The van der Waals surface area contributed by atoms with E-state index in [2.05, 4.69) is 84.9 Å². The van der Waals surface area contributed by atoms with Gasteiger partial charge in [-0.3, -0.25) is 4.99 Å². The van der Waals surface area contributed by atoms with Crippen molar-refractivity contribution in [3.63, 3.8) is 0 Å². The molecule has 0 amide bonds. The van der Waals surface area contributed by atoms with E-state index in [0.29, 0.717) is 0 Å². The molecule has 4 aromatic carbocycles. The molecule has 0 N–H and O–H groups in total. The topological polar surface area (TPSA) is 30.8 Å². The number of hydrogen-bond acceptors (Lipinski definition) is 3. The highest BCUT2D eigenvalue weighted by Crippen LogP contribution is 2.46. The fourth-order valence-electron chi connectivity index (χ4n) is 4.51. The first kappa shape index (κ1) is 20.1.